The van der Waals surface area contributed by atoms with E-state index in [4.69, 9.17) is 4.74 Å². The molecule has 0 spiro atoms. The van der Waals surface area contributed by atoms with Crippen molar-refractivity contribution in [2.75, 3.05) is 7.11 Å². The Morgan fingerprint density at radius 2 is 1.80 bits per heavy atom. The zero-order valence-electron chi connectivity index (χ0n) is 12.4. The molecule has 0 bridgehead atoms. The van der Waals surface area contributed by atoms with Crippen molar-refractivity contribution in [2.24, 2.45) is 11.8 Å². The highest BCUT2D eigenvalue weighted by molar-refractivity contribution is 5.26. The molecule has 1 N–H and O–H groups in total. The number of aliphatic hydroxyl groups excluding tert-OH is 1. The first-order valence-corrected chi connectivity index (χ1v) is 8.07. The second-order valence-corrected chi connectivity index (χ2v) is 6.51. The minimum absolute atomic E-state index is 0.0361. The summed E-state index contributed by atoms with van der Waals surface area (Å²) in [4.78, 5) is 0. The van der Waals surface area contributed by atoms with Gasteiger partial charge in [0, 0.05) is 7.11 Å². The molecule has 2 nitrogen and oxygen atoms in total. The fraction of sp³-hybridized carbons (Fsp3) is 0.667. The van der Waals surface area contributed by atoms with E-state index < -0.39 is 0 Å². The molecule has 3 rings (SSSR count). The number of benzene rings is 1. The van der Waals surface area contributed by atoms with Crippen molar-refractivity contribution in [3.63, 3.8) is 0 Å². The smallest absolute Gasteiger partial charge is 0.0861 e. The average molecular weight is 274 g/mol. The van der Waals surface area contributed by atoms with Gasteiger partial charge in [-0.2, -0.15) is 0 Å². The van der Waals surface area contributed by atoms with Crippen LogP contribution < -0.4 is 0 Å². The molecule has 2 aliphatic rings. The molecule has 0 saturated heterocycles. The van der Waals surface area contributed by atoms with Gasteiger partial charge in [-0.3, -0.25) is 0 Å². The Morgan fingerprint density at radius 1 is 1.10 bits per heavy atom. The second kappa shape index (κ2) is 6.28. The molecular weight excluding hydrogens is 248 g/mol. The molecule has 0 amide bonds. The summed E-state index contributed by atoms with van der Waals surface area (Å²) in [6, 6.07) is 10.6. The Morgan fingerprint density at radius 3 is 2.45 bits per heavy atom. The lowest BCUT2D eigenvalue weighted by Gasteiger charge is -2.32. The molecule has 2 fully saturated rings. The molecule has 2 heteroatoms. The van der Waals surface area contributed by atoms with E-state index in [-0.39, 0.29) is 12.2 Å². The van der Waals surface area contributed by atoms with Crippen molar-refractivity contribution >= 4 is 0 Å². The number of hydrogen-bond acceptors (Lipinski definition) is 2. The number of methoxy groups -OCH3 is 1. The summed E-state index contributed by atoms with van der Waals surface area (Å²) >= 11 is 0. The summed E-state index contributed by atoms with van der Waals surface area (Å²) in [6.45, 7) is 0. The first kappa shape index (κ1) is 14.1. The molecule has 0 radical (unpaired) electrons. The predicted octanol–water partition coefficient (Wildman–Crippen LogP) is 3.75. The number of hydrogen-bond donors (Lipinski definition) is 1. The van der Waals surface area contributed by atoms with Gasteiger partial charge in [0.2, 0.25) is 0 Å². The van der Waals surface area contributed by atoms with E-state index in [1.54, 1.807) is 7.11 Å². The predicted molar refractivity (Wildman–Crippen MR) is 80.7 cm³/mol. The fourth-order valence-electron chi connectivity index (χ4n) is 3.99. The lowest BCUT2D eigenvalue weighted by Crippen LogP contribution is -2.38. The van der Waals surface area contributed by atoms with Gasteiger partial charge < -0.3 is 9.84 Å². The van der Waals surface area contributed by atoms with Crippen LogP contribution in [0.25, 0.3) is 0 Å². The van der Waals surface area contributed by atoms with Crippen LogP contribution in [0.2, 0.25) is 0 Å². The van der Waals surface area contributed by atoms with Crippen LogP contribution >= 0.6 is 0 Å². The van der Waals surface area contributed by atoms with Gasteiger partial charge in [0.15, 0.2) is 0 Å². The Kier molecular flexibility index (Phi) is 4.42. The van der Waals surface area contributed by atoms with Crippen LogP contribution in [0, 0.1) is 11.8 Å². The third-order valence-electron chi connectivity index (χ3n) is 5.23. The molecule has 4 unspecified atom stereocenters. The standard InChI is InChI=1S/C18H26O2/c1-20-18(14-10-6-3-7-11-14)17(19)16-12-15(16)13-8-4-2-5-9-13/h2,4-5,8-9,14-19H,3,6-7,10-12H2,1H3. The van der Waals surface area contributed by atoms with Crippen molar-refractivity contribution in [1.82, 2.24) is 0 Å². The van der Waals surface area contributed by atoms with Gasteiger partial charge in [0.05, 0.1) is 12.2 Å². The van der Waals surface area contributed by atoms with E-state index in [0.717, 1.165) is 6.42 Å². The molecule has 0 heterocycles. The van der Waals surface area contributed by atoms with Crippen molar-refractivity contribution < 1.29 is 9.84 Å². The Balaban J connectivity index is 1.62. The van der Waals surface area contributed by atoms with Crippen molar-refractivity contribution in [2.45, 2.75) is 56.7 Å². The zero-order valence-corrected chi connectivity index (χ0v) is 12.4. The van der Waals surface area contributed by atoms with Crippen LogP contribution in [0.1, 0.15) is 50.0 Å². The Hall–Kier alpha value is -0.860. The van der Waals surface area contributed by atoms with Crippen LogP contribution in [0.4, 0.5) is 0 Å². The first-order valence-electron chi connectivity index (χ1n) is 8.07. The van der Waals surface area contributed by atoms with E-state index in [1.807, 2.05) is 0 Å². The van der Waals surface area contributed by atoms with E-state index in [0.29, 0.717) is 17.8 Å². The largest absolute Gasteiger partial charge is 0.390 e. The second-order valence-electron chi connectivity index (χ2n) is 6.51. The topological polar surface area (TPSA) is 29.5 Å². The summed E-state index contributed by atoms with van der Waals surface area (Å²) < 4.78 is 5.69. The van der Waals surface area contributed by atoms with Crippen LogP contribution in [-0.4, -0.2) is 24.4 Å². The summed E-state index contributed by atoms with van der Waals surface area (Å²) in [5.74, 6) is 1.48. The van der Waals surface area contributed by atoms with Gasteiger partial charge >= 0.3 is 0 Å². The lowest BCUT2D eigenvalue weighted by molar-refractivity contribution is -0.0636. The van der Waals surface area contributed by atoms with Gasteiger partial charge in [0.25, 0.3) is 0 Å². The van der Waals surface area contributed by atoms with E-state index in [2.05, 4.69) is 30.3 Å². The summed E-state index contributed by atoms with van der Waals surface area (Å²) in [5, 5.41) is 10.7. The summed E-state index contributed by atoms with van der Waals surface area (Å²) in [6.07, 6.45) is 7.23. The quantitative estimate of drug-likeness (QED) is 0.886. The zero-order chi connectivity index (χ0) is 13.9. The lowest BCUT2D eigenvalue weighted by atomic mass is 9.82. The van der Waals surface area contributed by atoms with Crippen LogP contribution in [0.15, 0.2) is 30.3 Å². The molecule has 1 aromatic rings. The summed E-state index contributed by atoms with van der Waals surface area (Å²) in [5.41, 5.74) is 1.37. The maximum absolute atomic E-state index is 10.7. The third kappa shape index (κ3) is 2.91. The summed E-state index contributed by atoms with van der Waals surface area (Å²) in [7, 11) is 1.77. The first-order chi connectivity index (χ1) is 9.81. The average Bonchev–Trinajstić information content (AvgIpc) is 3.30. The van der Waals surface area contributed by atoms with Gasteiger partial charge in [-0.25, -0.2) is 0 Å². The fourth-order valence-corrected chi connectivity index (χ4v) is 3.99. The number of rotatable bonds is 5. The van der Waals surface area contributed by atoms with Crippen LogP contribution in [0.3, 0.4) is 0 Å². The van der Waals surface area contributed by atoms with Gasteiger partial charge in [-0.15, -0.1) is 0 Å². The Bertz CT molecular complexity index is 411. The van der Waals surface area contributed by atoms with Gasteiger partial charge in [0.1, 0.15) is 0 Å². The maximum Gasteiger partial charge on any atom is 0.0861 e. The van der Waals surface area contributed by atoms with E-state index in [9.17, 15) is 5.11 Å². The third-order valence-corrected chi connectivity index (χ3v) is 5.23. The van der Waals surface area contributed by atoms with Crippen molar-refractivity contribution in [3.05, 3.63) is 35.9 Å². The number of ether oxygens (including phenoxy) is 1. The van der Waals surface area contributed by atoms with Crippen molar-refractivity contribution in [1.29, 1.82) is 0 Å². The molecule has 20 heavy (non-hydrogen) atoms. The van der Waals surface area contributed by atoms with Crippen LogP contribution in [0.5, 0.6) is 0 Å². The van der Waals surface area contributed by atoms with Gasteiger partial charge in [-0.05, 0) is 42.6 Å². The molecule has 0 aromatic heterocycles. The maximum atomic E-state index is 10.7. The van der Waals surface area contributed by atoms with E-state index in [1.165, 1.54) is 37.7 Å². The minimum atomic E-state index is -0.298. The van der Waals surface area contributed by atoms with Crippen LogP contribution in [-0.2, 0) is 4.74 Å². The highest BCUT2D eigenvalue weighted by Gasteiger charge is 2.47. The highest BCUT2D eigenvalue weighted by Crippen LogP contribution is 2.51. The Labute approximate surface area is 122 Å². The molecule has 110 valence electrons. The molecule has 1 aromatic carbocycles. The number of aliphatic hydroxyl groups is 1. The van der Waals surface area contributed by atoms with Crippen molar-refractivity contribution in [3.8, 4) is 0 Å². The molecular formula is C18H26O2. The van der Waals surface area contributed by atoms with E-state index >= 15 is 0 Å². The SMILES string of the molecule is COC(C1CCCCC1)C(O)C1CC1c1ccccc1. The normalized spacial score (nSPS) is 29.9. The van der Waals surface area contributed by atoms with Gasteiger partial charge in [-0.1, -0.05) is 49.6 Å². The molecule has 0 aliphatic heterocycles. The molecule has 4 atom stereocenters. The highest BCUT2D eigenvalue weighted by atomic mass is 16.5. The monoisotopic (exact) mass is 274 g/mol. The molecule has 2 aliphatic carbocycles. The molecule has 2 saturated carbocycles. The minimum Gasteiger partial charge on any atom is -0.390 e.